The van der Waals surface area contributed by atoms with Crippen molar-refractivity contribution in [2.24, 2.45) is 0 Å². The van der Waals surface area contributed by atoms with Gasteiger partial charge < -0.3 is 14.8 Å². The molecule has 0 saturated heterocycles. The second-order valence-electron chi connectivity index (χ2n) is 4.52. The first-order valence-corrected chi connectivity index (χ1v) is 7.12. The number of rotatable bonds is 5. The quantitative estimate of drug-likeness (QED) is 0.909. The van der Waals surface area contributed by atoms with Crippen molar-refractivity contribution in [3.05, 3.63) is 23.6 Å². The molecule has 0 bridgehead atoms. The van der Waals surface area contributed by atoms with E-state index in [-0.39, 0.29) is 0 Å². The largest absolute Gasteiger partial charge is 0.497 e. The van der Waals surface area contributed by atoms with E-state index in [0.717, 1.165) is 27.9 Å². The molecular formula is C14H16N2O2S. The SMILES string of the molecule is COc1ccc(-c2csc(NC3CC3)n2)c(OC)c1. The first kappa shape index (κ1) is 12.3. The highest BCUT2D eigenvalue weighted by atomic mass is 32.1. The van der Waals surface area contributed by atoms with E-state index in [1.54, 1.807) is 25.6 Å². The lowest BCUT2D eigenvalue weighted by Gasteiger charge is -2.08. The second kappa shape index (κ2) is 5.09. The summed E-state index contributed by atoms with van der Waals surface area (Å²) in [7, 11) is 3.31. The van der Waals surface area contributed by atoms with Crippen LogP contribution in [0.3, 0.4) is 0 Å². The summed E-state index contributed by atoms with van der Waals surface area (Å²) in [6.45, 7) is 0. The van der Waals surface area contributed by atoms with Gasteiger partial charge in [0.25, 0.3) is 0 Å². The minimum absolute atomic E-state index is 0.622. The number of nitrogens with zero attached hydrogens (tertiary/aromatic N) is 1. The fourth-order valence-corrected chi connectivity index (χ4v) is 2.66. The van der Waals surface area contributed by atoms with E-state index >= 15 is 0 Å². The van der Waals surface area contributed by atoms with Crippen LogP contribution >= 0.6 is 11.3 Å². The van der Waals surface area contributed by atoms with Gasteiger partial charge in [0.1, 0.15) is 11.5 Å². The lowest BCUT2D eigenvalue weighted by atomic mass is 10.1. The molecule has 0 aliphatic heterocycles. The highest BCUT2D eigenvalue weighted by molar-refractivity contribution is 7.14. The van der Waals surface area contributed by atoms with Crippen molar-refractivity contribution >= 4 is 16.5 Å². The summed E-state index contributed by atoms with van der Waals surface area (Å²) in [6.07, 6.45) is 2.50. The number of methoxy groups -OCH3 is 2. The van der Waals surface area contributed by atoms with Crippen LogP contribution in [-0.2, 0) is 0 Å². The molecule has 0 unspecified atom stereocenters. The average molecular weight is 276 g/mol. The Morgan fingerprint density at radius 2 is 2.11 bits per heavy atom. The molecule has 1 aromatic carbocycles. The molecule has 3 rings (SSSR count). The minimum atomic E-state index is 0.622. The fourth-order valence-electron chi connectivity index (χ4n) is 1.88. The molecule has 0 spiro atoms. The van der Waals surface area contributed by atoms with Crippen LogP contribution in [0.25, 0.3) is 11.3 Å². The van der Waals surface area contributed by atoms with E-state index in [0.29, 0.717) is 6.04 Å². The van der Waals surface area contributed by atoms with E-state index in [2.05, 4.69) is 15.7 Å². The fraction of sp³-hybridized carbons (Fsp3) is 0.357. The van der Waals surface area contributed by atoms with Crippen molar-refractivity contribution in [1.82, 2.24) is 4.98 Å². The monoisotopic (exact) mass is 276 g/mol. The van der Waals surface area contributed by atoms with Gasteiger partial charge in [-0.25, -0.2) is 4.98 Å². The number of hydrogen-bond donors (Lipinski definition) is 1. The third-order valence-electron chi connectivity index (χ3n) is 3.09. The number of hydrogen-bond acceptors (Lipinski definition) is 5. The molecule has 1 N–H and O–H groups in total. The molecule has 1 fully saturated rings. The molecule has 4 nitrogen and oxygen atoms in total. The van der Waals surface area contributed by atoms with Crippen LogP contribution in [0.2, 0.25) is 0 Å². The number of aromatic nitrogens is 1. The summed E-state index contributed by atoms with van der Waals surface area (Å²) in [5.74, 6) is 1.56. The summed E-state index contributed by atoms with van der Waals surface area (Å²) >= 11 is 1.63. The lowest BCUT2D eigenvalue weighted by molar-refractivity contribution is 0.395. The Morgan fingerprint density at radius 3 is 2.79 bits per heavy atom. The van der Waals surface area contributed by atoms with Gasteiger partial charge in [0.2, 0.25) is 0 Å². The molecule has 1 saturated carbocycles. The number of benzene rings is 1. The van der Waals surface area contributed by atoms with E-state index < -0.39 is 0 Å². The van der Waals surface area contributed by atoms with Gasteiger partial charge in [-0.1, -0.05) is 0 Å². The smallest absolute Gasteiger partial charge is 0.183 e. The van der Waals surface area contributed by atoms with E-state index in [1.807, 2.05) is 18.2 Å². The summed E-state index contributed by atoms with van der Waals surface area (Å²) in [6, 6.07) is 6.40. The number of thiazole rings is 1. The lowest BCUT2D eigenvalue weighted by Crippen LogP contribution is -1.99. The third-order valence-corrected chi connectivity index (χ3v) is 3.87. The highest BCUT2D eigenvalue weighted by Gasteiger charge is 2.22. The van der Waals surface area contributed by atoms with Crippen LogP contribution < -0.4 is 14.8 Å². The number of nitrogens with one attached hydrogen (secondary N) is 1. The Bertz CT molecular complexity index is 579. The maximum absolute atomic E-state index is 5.41. The van der Waals surface area contributed by atoms with Crippen molar-refractivity contribution in [1.29, 1.82) is 0 Å². The Kier molecular flexibility index (Phi) is 3.29. The first-order chi connectivity index (χ1) is 9.30. The van der Waals surface area contributed by atoms with Gasteiger partial charge in [-0.2, -0.15) is 0 Å². The number of ether oxygens (including phenoxy) is 2. The van der Waals surface area contributed by atoms with Gasteiger partial charge in [-0.15, -0.1) is 11.3 Å². The maximum atomic E-state index is 5.41. The van der Waals surface area contributed by atoms with E-state index in [9.17, 15) is 0 Å². The zero-order valence-corrected chi connectivity index (χ0v) is 11.8. The molecule has 2 aromatic rings. The molecule has 19 heavy (non-hydrogen) atoms. The van der Waals surface area contributed by atoms with Gasteiger partial charge in [-0.3, -0.25) is 0 Å². The van der Waals surface area contributed by atoms with Gasteiger partial charge in [0, 0.05) is 23.1 Å². The van der Waals surface area contributed by atoms with Gasteiger partial charge in [0.05, 0.1) is 19.9 Å². The Morgan fingerprint density at radius 1 is 1.26 bits per heavy atom. The Labute approximate surface area is 116 Å². The van der Waals surface area contributed by atoms with Crippen molar-refractivity contribution in [3.63, 3.8) is 0 Å². The predicted octanol–water partition coefficient (Wildman–Crippen LogP) is 3.40. The average Bonchev–Trinajstić information content (AvgIpc) is 3.14. The molecule has 1 aromatic heterocycles. The van der Waals surface area contributed by atoms with E-state index in [4.69, 9.17) is 9.47 Å². The van der Waals surface area contributed by atoms with Crippen molar-refractivity contribution < 1.29 is 9.47 Å². The van der Waals surface area contributed by atoms with Crippen LogP contribution in [0.1, 0.15) is 12.8 Å². The molecule has 1 aliphatic carbocycles. The minimum Gasteiger partial charge on any atom is -0.497 e. The highest BCUT2D eigenvalue weighted by Crippen LogP contribution is 2.35. The standard InChI is InChI=1S/C14H16N2O2S/c1-17-10-5-6-11(13(7-10)18-2)12-8-19-14(16-12)15-9-3-4-9/h5-9H,3-4H2,1-2H3,(H,15,16). The van der Waals surface area contributed by atoms with Crippen molar-refractivity contribution in [2.75, 3.05) is 19.5 Å². The predicted molar refractivity (Wildman–Crippen MR) is 77.3 cm³/mol. The topological polar surface area (TPSA) is 43.4 Å². The molecule has 1 heterocycles. The van der Waals surface area contributed by atoms with Crippen LogP contribution in [0.5, 0.6) is 11.5 Å². The van der Waals surface area contributed by atoms with Gasteiger partial charge >= 0.3 is 0 Å². The summed E-state index contributed by atoms with van der Waals surface area (Å²) in [5.41, 5.74) is 1.93. The zero-order valence-electron chi connectivity index (χ0n) is 11.0. The normalized spacial score (nSPS) is 14.2. The molecule has 0 amide bonds. The van der Waals surface area contributed by atoms with Crippen molar-refractivity contribution in [2.45, 2.75) is 18.9 Å². The van der Waals surface area contributed by atoms with Crippen LogP contribution in [0.4, 0.5) is 5.13 Å². The zero-order chi connectivity index (χ0) is 13.2. The molecule has 100 valence electrons. The van der Waals surface area contributed by atoms with Gasteiger partial charge in [-0.05, 0) is 25.0 Å². The molecule has 0 radical (unpaired) electrons. The van der Waals surface area contributed by atoms with Crippen LogP contribution in [-0.4, -0.2) is 25.2 Å². The van der Waals surface area contributed by atoms with Crippen LogP contribution in [0, 0.1) is 0 Å². The molecule has 5 heteroatoms. The second-order valence-corrected chi connectivity index (χ2v) is 5.38. The first-order valence-electron chi connectivity index (χ1n) is 6.24. The Balaban J connectivity index is 1.89. The summed E-state index contributed by atoms with van der Waals surface area (Å²) < 4.78 is 10.6. The van der Waals surface area contributed by atoms with Crippen molar-refractivity contribution in [3.8, 4) is 22.8 Å². The molecule has 1 aliphatic rings. The van der Waals surface area contributed by atoms with Gasteiger partial charge in [0.15, 0.2) is 5.13 Å². The maximum Gasteiger partial charge on any atom is 0.183 e. The summed E-state index contributed by atoms with van der Waals surface area (Å²) in [4.78, 5) is 4.61. The summed E-state index contributed by atoms with van der Waals surface area (Å²) in [5, 5.41) is 6.44. The molecule has 0 atom stereocenters. The van der Waals surface area contributed by atoms with Crippen LogP contribution in [0.15, 0.2) is 23.6 Å². The number of anilines is 1. The molecular weight excluding hydrogens is 260 g/mol. The third kappa shape index (κ3) is 2.66. The van der Waals surface area contributed by atoms with E-state index in [1.165, 1.54) is 12.8 Å². The Hall–Kier alpha value is -1.75.